The summed E-state index contributed by atoms with van der Waals surface area (Å²) in [6.07, 6.45) is 8.71. The maximum Gasteiger partial charge on any atom is 0.327 e. The van der Waals surface area contributed by atoms with Crippen LogP contribution in [0.15, 0.2) is 9.98 Å². The predicted octanol–water partition coefficient (Wildman–Crippen LogP) is 1.80. The Morgan fingerprint density at radius 2 is 2.13 bits per heavy atom. The van der Waals surface area contributed by atoms with Crippen LogP contribution >= 0.6 is 11.8 Å². The van der Waals surface area contributed by atoms with Crippen LogP contribution in [0, 0.1) is 5.92 Å². The van der Waals surface area contributed by atoms with E-state index >= 15 is 0 Å². The van der Waals surface area contributed by atoms with Gasteiger partial charge in [-0.3, -0.25) is 14.8 Å². The summed E-state index contributed by atoms with van der Waals surface area (Å²) in [6.45, 7) is 7.71. The summed E-state index contributed by atoms with van der Waals surface area (Å²) in [6, 6.07) is -1.22. The fraction of sp³-hybridized carbons (Fsp3) is 0.810. The van der Waals surface area contributed by atoms with Crippen LogP contribution in [-0.2, 0) is 9.59 Å². The van der Waals surface area contributed by atoms with Crippen molar-refractivity contribution in [2.75, 3.05) is 26.2 Å². The lowest BCUT2D eigenvalue weighted by molar-refractivity contribution is -0.158. The lowest BCUT2D eigenvalue weighted by Crippen LogP contribution is -2.65. The van der Waals surface area contributed by atoms with Gasteiger partial charge in [-0.25, -0.2) is 4.79 Å². The zero-order valence-corrected chi connectivity index (χ0v) is 18.7. The second-order valence-corrected chi connectivity index (χ2v) is 11.1. The second kappa shape index (κ2) is 8.77. The molecule has 0 spiro atoms. The van der Waals surface area contributed by atoms with Gasteiger partial charge in [0.05, 0.1) is 12.2 Å². The quantitative estimate of drug-likeness (QED) is 0.375. The highest BCUT2D eigenvalue weighted by molar-refractivity contribution is 8.01. The molecule has 3 atom stereocenters. The molecule has 0 aliphatic carbocycles. The number of thioether (sulfide) groups is 1. The Kier molecular flexibility index (Phi) is 6.27. The van der Waals surface area contributed by atoms with Gasteiger partial charge in [0.2, 0.25) is 0 Å². The molecule has 3 fully saturated rings. The first-order valence-corrected chi connectivity index (χ1v) is 12.0. The molecule has 2 N–H and O–H groups in total. The summed E-state index contributed by atoms with van der Waals surface area (Å²) in [5, 5.41) is 12.8. The third kappa shape index (κ3) is 4.31. The highest BCUT2D eigenvalue weighted by Crippen LogP contribution is 2.51. The Hall–Kier alpha value is -1.77. The van der Waals surface area contributed by atoms with Crippen LogP contribution < -0.4 is 5.32 Å². The van der Waals surface area contributed by atoms with Crippen LogP contribution in [0.1, 0.15) is 52.4 Å². The minimum atomic E-state index is -0.933. The maximum atomic E-state index is 12.5. The van der Waals surface area contributed by atoms with Crippen molar-refractivity contribution in [1.82, 2.24) is 15.1 Å². The van der Waals surface area contributed by atoms with Gasteiger partial charge in [0, 0.05) is 37.3 Å². The van der Waals surface area contributed by atoms with Crippen LogP contribution in [-0.4, -0.2) is 87.3 Å². The van der Waals surface area contributed by atoms with Crippen molar-refractivity contribution in [1.29, 1.82) is 0 Å². The number of likely N-dealkylation sites (tertiary alicyclic amines) is 1. The van der Waals surface area contributed by atoms with Gasteiger partial charge in [-0.15, -0.1) is 11.8 Å². The highest BCUT2D eigenvalue weighted by atomic mass is 32.2. The van der Waals surface area contributed by atoms with Gasteiger partial charge in [0.25, 0.3) is 5.91 Å². The van der Waals surface area contributed by atoms with Crippen LogP contribution in [0.2, 0.25) is 0 Å². The van der Waals surface area contributed by atoms with E-state index < -0.39 is 22.8 Å². The van der Waals surface area contributed by atoms with E-state index in [1.54, 1.807) is 11.8 Å². The minimum absolute atomic E-state index is 0.157. The van der Waals surface area contributed by atoms with E-state index in [-0.39, 0.29) is 11.3 Å². The van der Waals surface area contributed by atoms with E-state index in [1.807, 2.05) is 20.2 Å². The first-order valence-electron chi connectivity index (χ1n) is 11.1. The number of rotatable bonds is 6. The third-order valence-corrected chi connectivity index (χ3v) is 8.25. The lowest BCUT2D eigenvalue weighted by atomic mass is 9.92. The molecule has 0 aromatic heterocycles. The minimum Gasteiger partial charge on any atom is -0.480 e. The molecule has 1 amide bonds. The summed E-state index contributed by atoms with van der Waals surface area (Å²) >= 11 is 1.55. The summed E-state index contributed by atoms with van der Waals surface area (Å²) in [4.78, 5) is 37.0. The number of carboxylic acid groups (broad SMARTS) is 1. The van der Waals surface area contributed by atoms with Gasteiger partial charge in [0.15, 0.2) is 6.04 Å². The van der Waals surface area contributed by atoms with E-state index in [0.717, 1.165) is 45.4 Å². The molecule has 2 unspecified atom stereocenters. The largest absolute Gasteiger partial charge is 0.480 e. The van der Waals surface area contributed by atoms with Gasteiger partial charge in [-0.05, 0) is 51.9 Å². The zero-order valence-electron chi connectivity index (χ0n) is 17.9. The van der Waals surface area contributed by atoms with Gasteiger partial charge in [0.1, 0.15) is 11.4 Å². The molecule has 166 valence electrons. The number of β-lactam (4-membered cyclic amide) rings is 1. The van der Waals surface area contributed by atoms with Crippen LogP contribution in [0.5, 0.6) is 0 Å². The van der Waals surface area contributed by atoms with Crippen LogP contribution in [0.3, 0.4) is 0 Å². The Morgan fingerprint density at radius 3 is 2.87 bits per heavy atom. The molecule has 4 rings (SSSR count). The van der Waals surface area contributed by atoms with Gasteiger partial charge >= 0.3 is 5.97 Å². The Labute approximate surface area is 182 Å². The summed E-state index contributed by atoms with van der Waals surface area (Å²) in [5.41, 5.74) is 0. The first-order chi connectivity index (χ1) is 14.4. The SMILES string of the molecule is CC1(C)SC2C(N=CN3CCC(CCC4=NCCCCN4)CC3)C(=O)N2[C@H]1C(=O)O. The molecule has 0 saturated carbocycles. The number of aliphatic imine (C=N–C) groups is 2. The molecule has 0 bridgehead atoms. The summed E-state index contributed by atoms with van der Waals surface area (Å²) in [5.74, 6) is 0.804. The standard InChI is InChI=1S/C21H33N5O3S/c1-21(2)17(20(28)29)26-18(27)16(19(26)30-21)24-13-25-11-7-14(8-12-25)5-6-15-22-9-3-4-10-23-15/h13-14,16-17,19H,3-12H2,1-2H3,(H,22,23)(H,28,29)/t16?,17-,19?/m0/s1. The first kappa shape index (κ1) is 21.5. The van der Waals surface area contributed by atoms with Gasteiger partial charge in [-0.1, -0.05) is 0 Å². The van der Waals surface area contributed by atoms with Crippen molar-refractivity contribution in [3.05, 3.63) is 0 Å². The second-order valence-electron chi connectivity index (χ2n) is 9.29. The molecule has 9 heteroatoms. The van der Waals surface area contributed by atoms with E-state index in [0.29, 0.717) is 5.92 Å². The molecule has 4 heterocycles. The van der Waals surface area contributed by atoms with E-state index in [4.69, 9.17) is 0 Å². The number of piperidine rings is 1. The molecule has 0 aromatic carbocycles. The lowest BCUT2D eigenvalue weighted by Gasteiger charge is -2.41. The van der Waals surface area contributed by atoms with Crippen molar-refractivity contribution >= 4 is 35.8 Å². The normalized spacial score (nSPS) is 31.7. The fourth-order valence-corrected chi connectivity index (χ4v) is 6.52. The number of carbonyl (C=O) groups excluding carboxylic acids is 1. The number of fused-ring (bicyclic) bond motifs is 1. The number of hydrogen-bond acceptors (Lipinski definition) is 6. The topological polar surface area (TPSA) is 97.6 Å². The van der Waals surface area contributed by atoms with Crippen molar-refractivity contribution in [3.63, 3.8) is 0 Å². The fourth-order valence-electron chi connectivity index (χ4n) is 4.90. The maximum absolute atomic E-state index is 12.5. The Morgan fingerprint density at radius 1 is 1.37 bits per heavy atom. The monoisotopic (exact) mass is 435 g/mol. The number of hydrogen-bond donors (Lipinski definition) is 2. The van der Waals surface area contributed by atoms with Crippen LogP contribution in [0.25, 0.3) is 0 Å². The molecule has 0 radical (unpaired) electrons. The number of nitrogens with zero attached hydrogens (tertiary/aromatic N) is 4. The Bertz CT molecular complexity index is 732. The molecular formula is C21H33N5O3S. The molecule has 30 heavy (non-hydrogen) atoms. The number of aliphatic carboxylic acids is 1. The molecular weight excluding hydrogens is 402 g/mol. The smallest absolute Gasteiger partial charge is 0.327 e. The zero-order chi connectivity index (χ0) is 21.3. The summed E-state index contributed by atoms with van der Waals surface area (Å²) < 4.78 is -0.495. The Balaban J connectivity index is 1.23. The molecule has 3 saturated heterocycles. The molecule has 4 aliphatic rings. The number of carbonyl (C=O) groups is 2. The molecule has 0 aromatic rings. The number of carboxylic acids is 1. The van der Waals surface area contributed by atoms with Crippen molar-refractivity contribution in [2.45, 2.75) is 74.6 Å². The van der Waals surface area contributed by atoms with E-state index in [2.05, 4.69) is 20.2 Å². The van der Waals surface area contributed by atoms with Gasteiger partial charge in [-0.2, -0.15) is 0 Å². The van der Waals surface area contributed by atoms with Crippen molar-refractivity contribution in [2.24, 2.45) is 15.9 Å². The van der Waals surface area contributed by atoms with Gasteiger partial charge < -0.3 is 20.2 Å². The summed E-state index contributed by atoms with van der Waals surface area (Å²) in [7, 11) is 0. The molecule has 8 nitrogen and oxygen atoms in total. The van der Waals surface area contributed by atoms with E-state index in [9.17, 15) is 14.7 Å². The highest BCUT2D eigenvalue weighted by Gasteiger charge is 2.63. The molecule has 4 aliphatic heterocycles. The third-order valence-electron chi connectivity index (χ3n) is 6.69. The predicted molar refractivity (Wildman–Crippen MR) is 119 cm³/mol. The van der Waals surface area contributed by atoms with Crippen LogP contribution in [0.4, 0.5) is 0 Å². The average molecular weight is 436 g/mol. The number of amidine groups is 1. The average Bonchev–Trinajstić information content (AvgIpc) is 2.85. The van der Waals surface area contributed by atoms with Crippen molar-refractivity contribution in [3.8, 4) is 0 Å². The number of nitrogens with one attached hydrogen (secondary N) is 1. The number of amides is 1. The van der Waals surface area contributed by atoms with E-state index in [1.165, 1.54) is 30.0 Å². The van der Waals surface area contributed by atoms with Crippen molar-refractivity contribution < 1.29 is 14.7 Å².